The summed E-state index contributed by atoms with van der Waals surface area (Å²) >= 11 is 0. The van der Waals surface area contributed by atoms with Crippen molar-refractivity contribution < 1.29 is 5.11 Å². The van der Waals surface area contributed by atoms with Crippen molar-refractivity contribution in [3.63, 3.8) is 0 Å². The fourth-order valence-corrected chi connectivity index (χ4v) is 1.29. The molecule has 0 fully saturated rings. The molecule has 78 valence electrons. The number of nitrogens with two attached hydrogens (primary N) is 1. The molecule has 0 aliphatic rings. The van der Waals surface area contributed by atoms with E-state index in [0.29, 0.717) is 5.69 Å². The van der Waals surface area contributed by atoms with E-state index in [1.54, 1.807) is 18.2 Å². The van der Waals surface area contributed by atoms with E-state index < -0.39 is 0 Å². The van der Waals surface area contributed by atoms with Crippen molar-refractivity contribution in [3.8, 4) is 5.75 Å². The first-order valence-electron chi connectivity index (χ1n) is 5.06. The first-order chi connectivity index (χ1) is 6.74. The van der Waals surface area contributed by atoms with Crippen molar-refractivity contribution in [1.29, 1.82) is 0 Å². The molecule has 0 aromatic heterocycles. The Labute approximate surface area is 84.9 Å². The van der Waals surface area contributed by atoms with Gasteiger partial charge in [0, 0.05) is 12.2 Å². The van der Waals surface area contributed by atoms with Crippen molar-refractivity contribution in [2.24, 2.45) is 0 Å². The van der Waals surface area contributed by atoms with Crippen LogP contribution in [0.2, 0.25) is 0 Å². The van der Waals surface area contributed by atoms with Crippen LogP contribution in [-0.4, -0.2) is 11.7 Å². The minimum Gasteiger partial charge on any atom is -0.506 e. The molecular weight excluding hydrogens is 176 g/mol. The van der Waals surface area contributed by atoms with Crippen LogP contribution in [0.5, 0.6) is 5.75 Å². The minimum atomic E-state index is 0.260. The van der Waals surface area contributed by atoms with Gasteiger partial charge in [-0.05, 0) is 24.6 Å². The average molecular weight is 194 g/mol. The summed E-state index contributed by atoms with van der Waals surface area (Å²) in [6.45, 7) is 3.04. The van der Waals surface area contributed by atoms with Crippen LogP contribution in [0.3, 0.4) is 0 Å². The second kappa shape index (κ2) is 5.37. The Morgan fingerprint density at radius 2 is 2.14 bits per heavy atom. The van der Waals surface area contributed by atoms with Gasteiger partial charge in [0.05, 0.1) is 5.69 Å². The molecule has 0 saturated carbocycles. The van der Waals surface area contributed by atoms with Crippen LogP contribution in [0.15, 0.2) is 18.2 Å². The third kappa shape index (κ3) is 3.17. The second-order valence-corrected chi connectivity index (χ2v) is 3.41. The standard InChI is InChI=1S/C11H18N2O/c1-2-3-4-7-13-10-8-9(12)5-6-11(10)14/h5-6,8,13-14H,2-4,7,12H2,1H3. The largest absolute Gasteiger partial charge is 0.506 e. The quantitative estimate of drug-likeness (QED) is 0.292. The molecule has 0 radical (unpaired) electrons. The molecule has 1 aromatic carbocycles. The highest BCUT2D eigenvalue weighted by Gasteiger charge is 1.99. The predicted octanol–water partition coefficient (Wildman–Crippen LogP) is 2.58. The van der Waals surface area contributed by atoms with E-state index in [2.05, 4.69) is 12.2 Å². The monoisotopic (exact) mass is 194 g/mol. The van der Waals surface area contributed by atoms with E-state index in [4.69, 9.17) is 5.73 Å². The van der Waals surface area contributed by atoms with Crippen molar-refractivity contribution >= 4 is 11.4 Å². The van der Waals surface area contributed by atoms with Gasteiger partial charge in [0.1, 0.15) is 5.75 Å². The molecule has 1 rings (SSSR count). The summed E-state index contributed by atoms with van der Waals surface area (Å²) in [7, 11) is 0. The molecule has 1 aromatic rings. The van der Waals surface area contributed by atoms with E-state index in [-0.39, 0.29) is 5.75 Å². The first kappa shape index (κ1) is 10.7. The van der Waals surface area contributed by atoms with Crippen LogP contribution in [0.25, 0.3) is 0 Å². The van der Waals surface area contributed by atoms with Gasteiger partial charge in [-0.25, -0.2) is 0 Å². The highest BCUT2D eigenvalue weighted by atomic mass is 16.3. The van der Waals surface area contributed by atoms with Gasteiger partial charge in [-0.1, -0.05) is 19.8 Å². The molecule has 0 aliphatic heterocycles. The molecule has 0 unspecified atom stereocenters. The second-order valence-electron chi connectivity index (χ2n) is 3.41. The minimum absolute atomic E-state index is 0.260. The molecule has 4 N–H and O–H groups in total. The summed E-state index contributed by atoms with van der Waals surface area (Å²) in [5.41, 5.74) is 7.00. The normalized spacial score (nSPS) is 10.1. The van der Waals surface area contributed by atoms with Gasteiger partial charge in [0.25, 0.3) is 0 Å². The summed E-state index contributed by atoms with van der Waals surface area (Å²) in [5, 5.41) is 12.6. The van der Waals surface area contributed by atoms with Crippen molar-refractivity contribution in [2.75, 3.05) is 17.6 Å². The van der Waals surface area contributed by atoms with E-state index in [1.807, 2.05) is 0 Å². The van der Waals surface area contributed by atoms with Crippen LogP contribution >= 0.6 is 0 Å². The maximum atomic E-state index is 9.47. The van der Waals surface area contributed by atoms with E-state index in [9.17, 15) is 5.11 Å². The molecule has 14 heavy (non-hydrogen) atoms. The Morgan fingerprint density at radius 1 is 1.36 bits per heavy atom. The number of hydrogen-bond donors (Lipinski definition) is 3. The summed E-state index contributed by atoms with van der Waals surface area (Å²) in [5.74, 6) is 0.260. The zero-order valence-electron chi connectivity index (χ0n) is 8.59. The lowest BCUT2D eigenvalue weighted by atomic mass is 10.2. The van der Waals surface area contributed by atoms with Gasteiger partial charge in [-0.3, -0.25) is 0 Å². The SMILES string of the molecule is CCCCCNc1cc(N)ccc1O. The Balaban J connectivity index is 2.45. The number of hydrogen-bond acceptors (Lipinski definition) is 3. The number of phenolic OH excluding ortho intramolecular Hbond substituents is 1. The molecule has 0 heterocycles. The molecular formula is C11H18N2O. The molecule has 0 spiro atoms. The summed E-state index contributed by atoms with van der Waals surface area (Å²) in [4.78, 5) is 0. The van der Waals surface area contributed by atoms with Gasteiger partial charge in [0.2, 0.25) is 0 Å². The highest BCUT2D eigenvalue weighted by Crippen LogP contribution is 2.24. The maximum Gasteiger partial charge on any atom is 0.138 e. The Kier molecular flexibility index (Phi) is 4.11. The molecule has 3 heteroatoms. The Hall–Kier alpha value is -1.38. The smallest absolute Gasteiger partial charge is 0.138 e. The number of nitrogens with one attached hydrogen (secondary N) is 1. The first-order valence-corrected chi connectivity index (χ1v) is 5.06. The summed E-state index contributed by atoms with van der Waals surface area (Å²) < 4.78 is 0. The lowest BCUT2D eigenvalue weighted by Crippen LogP contribution is -2.01. The van der Waals surface area contributed by atoms with Crippen molar-refractivity contribution in [2.45, 2.75) is 26.2 Å². The fourth-order valence-electron chi connectivity index (χ4n) is 1.29. The van der Waals surface area contributed by atoms with Crippen molar-refractivity contribution in [1.82, 2.24) is 0 Å². The van der Waals surface area contributed by atoms with Crippen LogP contribution in [0.1, 0.15) is 26.2 Å². The van der Waals surface area contributed by atoms with Crippen LogP contribution < -0.4 is 11.1 Å². The molecule has 0 amide bonds. The number of aromatic hydroxyl groups is 1. The number of phenols is 1. The number of nitrogen functional groups attached to an aromatic ring is 1. The van der Waals surface area contributed by atoms with Crippen LogP contribution in [0, 0.1) is 0 Å². The maximum absolute atomic E-state index is 9.47. The van der Waals surface area contributed by atoms with Gasteiger partial charge < -0.3 is 16.2 Å². The number of benzene rings is 1. The highest BCUT2D eigenvalue weighted by molar-refractivity contribution is 5.62. The predicted molar refractivity (Wildman–Crippen MR) is 60.5 cm³/mol. The number of unbranched alkanes of at least 4 members (excludes halogenated alkanes) is 2. The number of anilines is 2. The summed E-state index contributed by atoms with van der Waals surface area (Å²) in [6, 6.07) is 5.05. The van der Waals surface area contributed by atoms with Crippen molar-refractivity contribution in [3.05, 3.63) is 18.2 Å². The fraction of sp³-hybridized carbons (Fsp3) is 0.455. The molecule has 3 nitrogen and oxygen atoms in total. The zero-order valence-corrected chi connectivity index (χ0v) is 8.59. The van der Waals surface area contributed by atoms with E-state index in [1.165, 1.54) is 12.8 Å². The average Bonchev–Trinajstić information content (AvgIpc) is 2.18. The Morgan fingerprint density at radius 3 is 2.86 bits per heavy atom. The molecule has 0 aliphatic carbocycles. The van der Waals surface area contributed by atoms with E-state index in [0.717, 1.165) is 18.7 Å². The number of rotatable bonds is 5. The molecule has 0 atom stereocenters. The zero-order chi connectivity index (χ0) is 10.4. The van der Waals surface area contributed by atoms with Gasteiger partial charge in [-0.2, -0.15) is 0 Å². The van der Waals surface area contributed by atoms with Crippen LogP contribution in [0.4, 0.5) is 11.4 Å². The summed E-state index contributed by atoms with van der Waals surface area (Å²) in [6.07, 6.45) is 3.52. The van der Waals surface area contributed by atoms with E-state index >= 15 is 0 Å². The lowest BCUT2D eigenvalue weighted by Gasteiger charge is -2.08. The third-order valence-corrected chi connectivity index (χ3v) is 2.12. The van der Waals surface area contributed by atoms with Gasteiger partial charge in [-0.15, -0.1) is 0 Å². The molecule has 0 saturated heterocycles. The topological polar surface area (TPSA) is 58.3 Å². The van der Waals surface area contributed by atoms with Gasteiger partial charge in [0.15, 0.2) is 0 Å². The van der Waals surface area contributed by atoms with Gasteiger partial charge >= 0.3 is 0 Å². The third-order valence-electron chi connectivity index (χ3n) is 2.12. The Bertz CT molecular complexity index is 287. The van der Waals surface area contributed by atoms with Crippen LogP contribution in [-0.2, 0) is 0 Å². The lowest BCUT2D eigenvalue weighted by molar-refractivity contribution is 0.477. The molecule has 0 bridgehead atoms.